The molecule has 0 aliphatic rings. The van der Waals surface area contributed by atoms with E-state index in [0.717, 1.165) is 0 Å². The Morgan fingerprint density at radius 3 is 0.850 bits per heavy atom. The molecule has 0 atom stereocenters. The topological polar surface area (TPSA) is 0 Å². The van der Waals surface area contributed by atoms with Gasteiger partial charge in [-0.1, -0.05) is 294 Å². The number of thiol groups is 1. The third-order valence-corrected chi connectivity index (χ3v) is 42.8. The van der Waals surface area contributed by atoms with Crippen LogP contribution in [0, 0.1) is 0 Å². The van der Waals surface area contributed by atoms with Crippen LogP contribution in [0.2, 0.25) is 0 Å². The maximum atomic E-state index is 4.86. The van der Waals surface area contributed by atoms with Crippen LogP contribution in [-0.4, -0.2) is 5.91 Å². The predicted octanol–water partition coefficient (Wildman–Crippen LogP) is 10.7. The molecule has 0 heterocycles. The summed E-state index contributed by atoms with van der Waals surface area (Å²) < 4.78 is -0.0499. The second-order valence-corrected chi connectivity index (χ2v) is 43.3. The Labute approximate surface area is 302 Å². The number of halogens is 13. The first-order valence-electron chi connectivity index (χ1n) is 3.93. The van der Waals surface area contributed by atoms with Crippen molar-refractivity contribution in [3.63, 3.8) is 0 Å². The average molecular weight is 1750 g/mol. The van der Waals surface area contributed by atoms with Gasteiger partial charge in [-0.2, -0.15) is 0 Å². The van der Waals surface area contributed by atoms with Gasteiger partial charge in [0.2, 0.25) is 0 Å². The molecule has 0 unspecified atom stereocenters. The first-order chi connectivity index (χ1) is 8.25. The number of hydrogen-bond donors (Lipinski definition) is 1. The smallest absolute Gasteiger partial charge is 0.149 e. The standard InChI is InChI=1S/C6HI13S/c7-1(8,3(11,12)5(15,16)17)2(9,10)4(13,14)6(18,19)20/h20H. The van der Waals surface area contributed by atoms with Crippen LogP contribution in [0.1, 0.15) is 0 Å². The predicted molar refractivity (Wildman–Crippen MR) is 208 cm³/mol. The zero-order valence-electron chi connectivity index (χ0n) is 8.36. The molecule has 0 radical (unpaired) electrons. The molecule has 0 nitrogen and oxygen atoms in total. The number of alkyl halides is 13. The molecule has 0 fully saturated rings. The molecule has 0 aromatic rings. The van der Waals surface area contributed by atoms with Gasteiger partial charge in [-0.25, -0.2) is 0 Å². The SMILES string of the molecule is SC(I)(I)C(I)(I)C(I)(I)C(I)(I)C(I)(I)C(I)(I)I. The second-order valence-electron chi connectivity index (χ2n) is 3.34. The van der Waals surface area contributed by atoms with Crippen molar-refractivity contribution in [3.05, 3.63) is 0 Å². The average Bonchev–Trinajstić information content (AvgIpc) is 2.12. The van der Waals surface area contributed by atoms with E-state index in [2.05, 4.69) is 294 Å². The van der Waals surface area contributed by atoms with Crippen LogP contribution in [0.25, 0.3) is 0 Å². The fraction of sp³-hybridized carbons (Fsp3) is 1.00. The van der Waals surface area contributed by atoms with E-state index < -0.39 is 0 Å². The Morgan fingerprint density at radius 2 is 0.650 bits per heavy atom. The first kappa shape index (κ1) is 29.8. The summed E-state index contributed by atoms with van der Waals surface area (Å²) in [5.74, 6) is 0. The van der Waals surface area contributed by atoms with E-state index in [4.69, 9.17) is 12.6 Å². The van der Waals surface area contributed by atoms with Gasteiger partial charge in [0.15, 0.2) is 0 Å². The van der Waals surface area contributed by atoms with Crippen molar-refractivity contribution in [1.82, 2.24) is 0 Å². The van der Waals surface area contributed by atoms with E-state index in [-0.39, 0.29) is 5.91 Å². The molecule has 0 saturated heterocycles. The largest absolute Gasteiger partial charge is 0.149 e. The van der Waals surface area contributed by atoms with Gasteiger partial charge in [-0.05, 0) is 0 Å². The van der Waals surface area contributed by atoms with Crippen LogP contribution in [0.4, 0.5) is 0 Å². The zero-order chi connectivity index (χ0) is 17.0. The Morgan fingerprint density at radius 1 is 0.400 bits per heavy atom. The highest BCUT2D eigenvalue weighted by molar-refractivity contribution is 14.3. The molecule has 20 heavy (non-hydrogen) atoms. The van der Waals surface area contributed by atoms with Crippen molar-refractivity contribution in [3.8, 4) is 0 Å². The highest BCUT2D eigenvalue weighted by Gasteiger charge is 2.71. The van der Waals surface area contributed by atoms with Gasteiger partial charge in [0.1, 0.15) is 5.91 Å². The quantitative estimate of drug-likeness (QED) is 0.158. The van der Waals surface area contributed by atoms with Gasteiger partial charge >= 0.3 is 0 Å². The summed E-state index contributed by atoms with van der Waals surface area (Å²) in [6, 6.07) is 0. The van der Waals surface area contributed by atoms with Gasteiger partial charge < -0.3 is 0 Å². The van der Waals surface area contributed by atoms with Gasteiger partial charge in [-0.3, -0.25) is 0 Å². The summed E-state index contributed by atoms with van der Waals surface area (Å²) in [7, 11) is 0. The van der Waals surface area contributed by atoms with Gasteiger partial charge in [0.25, 0.3) is 0 Å². The Hall–Kier alpha value is 9.84. The van der Waals surface area contributed by atoms with E-state index in [1.165, 1.54) is 0 Å². The van der Waals surface area contributed by atoms with Crippen LogP contribution in [-0.2, 0) is 0 Å². The van der Waals surface area contributed by atoms with Crippen LogP contribution in [0.5, 0.6) is 0 Å². The molecule has 0 aromatic carbocycles. The summed E-state index contributed by atoms with van der Waals surface area (Å²) in [5, 5.41) is 0. The fourth-order valence-electron chi connectivity index (χ4n) is 0.761. The van der Waals surface area contributed by atoms with E-state index in [0.29, 0.717) is 0 Å². The van der Waals surface area contributed by atoms with Crippen molar-refractivity contribution >= 4 is 306 Å². The summed E-state index contributed by atoms with van der Waals surface area (Å²) in [6.45, 7) is 0. The monoisotopic (exact) mass is 1750 g/mol. The van der Waals surface area contributed by atoms with Crippen LogP contribution >= 0.6 is 306 Å². The molecule has 0 aliphatic heterocycles. The van der Waals surface area contributed by atoms with E-state index in [1.807, 2.05) is 0 Å². The summed E-state index contributed by atoms with van der Waals surface area (Å²) >= 11 is 38.3. The molecule has 0 spiro atoms. The third kappa shape index (κ3) is 6.67. The minimum absolute atomic E-state index is 0.00797. The maximum Gasteiger partial charge on any atom is 0.149 e. The van der Waals surface area contributed by atoms with Gasteiger partial charge in [0, 0.05) is 0 Å². The maximum absolute atomic E-state index is 4.86. The molecule has 0 saturated carbocycles. The lowest BCUT2D eigenvalue weighted by molar-refractivity contribution is 0.766. The highest BCUT2D eigenvalue weighted by atomic mass is 127. The van der Waals surface area contributed by atoms with Gasteiger partial charge in [0.05, 0.1) is 0 Å². The summed E-state index contributed by atoms with van der Waals surface area (Å²) in [5.41, 5.74) is 0. The molecule has 0 amide bonds. The molecule has 14 heteroatoms. The first-order valence-corrected chi connectivity index (χ1v) is 18.4. The molecule has 0 aliphatic carbocycles. The molecular formula is C6HI13S. The van der Waals surface area contributed by atoms with Crippen LogP contribution in [0.3, 0.4) is 0 Å². The minimum atomic E-state index is -0.151. The van der Waals surface area contributed by atoms with Crippen molar-refractivity contribution in [2.24, 2.45) is 0 Å². The molecule has 0 aromatic heterocycles. The Balaban J connectivity index is 6.08. The lowest BCUT2D eigenvalue weighted by Gasteiger charge is -2.53. The van der Waals surface area contributed by atoms with E-state index >= 15 is 0 Å². The van der Waals surface area contributed by atoms with E-state index in [1.54, 1.807) is 0 Å². The molecule has 0 N–H and O–H groups in total. The Kier molecular flexibility index (Phi) is 15.9. The van der Waals surface area contributed by atoms with Crippen molar-refractivity contribution in [2.75, 3.05) is 0 Å². The number of hydrogen-bond acceptors (Lipinski definition) is 1. The van der Waals surface area contributed by atoms with Crippen LogP contribution < -0.4 is 0 Å². The summed E-state index contributed by atoms with van der Waals surface area (Å²) in [6.07, 6.45) is 0. The fourth-order valence-corrected chi connectivity index (χ4v) is 17.5. The normalized spacial score (nSPS) is 16.5. The molecule has 122 valence electrons. The highest BCUT2D eigenvalue weighted by Crippen LogP contribution is 2.76. The molecule has 0 rings (SSSR count). The minimum Gasteiger partial charge on any atom is -0.149 e. The molecule has 0 bridgehead atoms. The molecular weight excluding hydrogens is 1750 g/mol. The summed E-state index contributed by atoms with van der Waals surface area (Å²) in [4.78, 5) is 0. The number of rotatable bonds is 5. The Bertz CT molecular complexity index is 324. The van der Waals surface area contributed by atoms with E-state index in [9.17, 15) is 0 Å². The van der Waals surface area contributed by atoms with Crippen molar-refractivity contribution < 1.29 is 0 Å². The van der Waals surface area contributed by atoms with Crippen molar-refractivity contribution in [1.29, 1.82) is 0 Å². The zero-order valence-corrected chi connectivity index (χ0v) is 37.3. The van der Waals surface area contributed by atoms with Gasteiger partial charge in [-0.15, -0.1) is 12.6 Å². The lowest BCUT2D eigenvalue weighted by Crippen LogP contribution is -2.61. The third-order valence-electron chi connectivity index (χ3n) is 1.92. The lowest BCUT2D eigenvalue weighted by atomic mass is 10.2. The van der Waals surface area contributed by atoms with Crippen molar-refractivity contribution in [2.45, 2.75) is 5.91 Å². The second kappa shape index (κ2) is 10.6. The van der Waals surface area contributed by atoms with Crippen LogP contribution in [0.15, 0.2) is 0 Å².